The molecule has 0 nitrogen and oxygen atoms in total. The average Bonchev–Trinajstić information content (AvgIpc) is 2.57. The van der Waals surface area contributed by atoms with Gasteiger partial charge in [0.15, 0.2) is 0 Å². The summed E-state index contributed by atoms with van der Waals surface area (Å²) in [6.45, 7) is 4.39. The normalized spacial score (nSPS) is 14.8. The van der Waals surface area contributed by atoms with E-state index in [1.165, 1.54) is 55.4 Å². The van der Waals surface area contributed by atoms with Crippen LogP contribution in [0.2, 0.25) is 0 Å². The first-order chi connectivity index (χ1) is 11.5. The van der Waals surface area contributed by atoms with Crippen LogP contribution in [0.4, 0.5) is 8.78 Å². The predicted octanol–water partition coefficient (Wildman–Crippen LogP) is 6.65. The standard InChI is InChI=1S/C15H14F2.C7H14/c1-11-2-4-12(5-3-11)6-7-13-8-9-14(16)10-15(13)17;1-7-5-3-2-4-6-7/h2-5,8-10H,6-7H2,1H3;7H,2-6H2,1H3. The van der Waals surface area contributed by atoms with Gasteiger partial charge in [0.2, 0.25) is 0 Å². The highest BCUT2D eigenvalue weighted by Crippen LogP contribution is 2.22. The van der Waals surface area contributed by atoms with Gasteiger partial charge in [-0.1, -0.05) is 74.9 Å². The third-order valence-corrected chi connectivity index (χ3v) is 4.71. The minimum Gasteiger partial charge on any atom is -0.207 e. The van der Waals surface area contributed by atoms with Crippen LogP contribution in [0.1, 0.15) is 55.7 Å². The van der Waals surface area contributed by atoms with Crippen LogP contribution in [0.5, 0.6) is 0 Å². The SMILES string of the molecule is CC1CCCCC1.Cc1ccc(CCc2ccc(F)cc2F)cc1. The van der Waals surface area contributed by atoms with E-state index in [0.717, 1.165) is 18.4 Å². The molecule has 2 heteroatoms. The van der Waals surface area contributed by atoms with Gasteiger partial charge in [-0.3, -0.25) is 0 Å². The van der Waals surface area contributed by atoms with Gasteiger partial charge in [-0.05, 0) is 42.9 Å². The van der Waals surface area contributed by atoms with E-state index in [9.17, 15) is 8.78 Å². The molecule has 1 fully saturated rings. The summed E-state index contributed by atoms with van der Waals surface area (Å²) < 4.78 is 26.1. The van der Waals surface area contributed by atoms with Crippen LogP contribution < -0.4 is 0 Å². The largest absolute Gasteiger partial charge is 0.207 e. The van der Waals surface area contributed by atoms with Crippen LogP contribution in [0.15, 0.2) is 42.5 Å². The zero-order valence-corrected chi connectivity index (χ0v) is 14.8. The van der Waals surface area contributed by atoms with Crippen molar-refractivity contribution in [3.8, 4) is 0 Å². The van der Waals surface area contributed by atoms with Gasteiger partial charge in [0.25, 0.3) is 0 Å². The first-order valence-electron chi connectivity index (χ1n) is 9.04. The van der Waals surface area contributed by atoms with E-state index in [2.05, 4.69) is 6.92 Å². The summed E-state index contributed by atoms with van der Waals surface area (Å²) in [6, 6.07) is 11.9. The van der Waals surface area contributed by atoms with E-state index in [4.69, 9.17) is 0 Å². The average molecular weight is 330 g/mol. The Morgan fingerprint density at radius 1 is 0.875 bits per heavy atom. The number of hydrogen-bond acceptors (Lipinski definition) is 0. The summed E-state index contributed by atoms with van der Waals surface area (Å²) in [6.07, 6.45) is 8.80. The molecule has 0 saturated heterocycles. The molecule has 0 amide bonds. The molecule has 1 saturated carbocycles. The van der Waals surface area contributed by atoms with Gasteiger partial charge in [-0.2, -0.15) is 0 Å². The molecular weight excluding hydrogens is 302 g/mol. The van der Waals surface area contributed by atoms with Crippen molar-refractivity contribution < 1.29 is 8.78 Å². The third kappa shape index (κ3) is 6.43. The quantitative estimate of drug-likeness (QED) is 0.591. The first kappa shape index (κ1) is 18.6. The second-order valence-electron chi connectivity index (χ2n) is 6.96. The Hall–Kier alpha value is -1.70. The highest BCUT2D eigenvalue weighted by molar-refractivity contribution is 5.24. The Balaban J connectivity index is 0.000000249. The molecule has 0 bridgehead atoms. The lowest BCUT2D eigenvalue weighted by molar-refractivity contribution is 0.385. The number of benzene rings is 2. The zero-order chi connectivity index (χ0) is 17.4. The number of rotatable bonds is 3. The van der Waals surface area contributed by atoms with Gasteiger partial charge >= 0.3 is 0 Å². The molecule has 0 heterocycles. The molecule has 0 aromatic heterocycles. The monoisotopic (exact) mass is 330 g/mol. The van der Waals surface area contributed by atoms with E-state index in [-0.39, 0.29) is 0 Å². The first-order valence-corrected chi connectivity index (χ1v) is 9.04. The Labute approximate surface area is 144 Å². The highest BCUT2D eigenvalue weighted by atomic mass is 19.1. The second-order valence-corrected chi connectivity index (χ2v) is 6.96. The maximum absolute atomic E-state index is 13.4. The Morgan fingerprint density at radius 2 is 1.54 bits per heavy atom. The summed E-state index contributed by atoms with van der Waals surface area (Å²) in [5.74, 6) is 0.0486. The van der Waals surface area contributed by atoms with E-state index in [0.29, 0.717) is 12.0 Å². The van der Waals surface area contributed by atoms with Crippen LogP contribution >= 0.6 is 0 Å². The van der Waals surface area contributed by atoms with E-state index < -0.39 is 11.6 Å². The highest BCUT2D eigenvalue weighted by Gasteiger charge is 2.06. The van der Waals surface area contributed by atoms with E-state index in [1.54, 1.807) is 0 Å². The lowest BCUT2D eigenvalue weighted by Gasteiger charge is -2.15. The van der Waals surface area contributed by atoms with Gasteiger partial charge in [-0.15, -0.1) is 0 Å². The molecule has 0 unspecified atom stereocenters. The van der Waals surface area contributed by atoms with Crippen molar-refractivity contribution >= 4 is 0 Å². The van der Waals surface area contributed by atoms with Crippen LogP contribution in [0, 0.1) is 24.5 Å². The maximum Gasteiger partial charge on any atom is 0.129 e. The van der Waals surface area contributed by atoms with Gasteiger partial charge in [0, 0.05) is 6.07 Å². The third-order valence-electron chi connectivity index (χ3n) is 4.71. The minimum absolute atomic E-state index is 0.461. The molecule has 0 atom stereocenters. The summed E-state index contributed by atoms with van der Waals surface area (Å²) in [5.41, 5.74) is 2.94. The van der Waals surface area contributed by atoms with Crippen molar-refractivity contribution in [3.05, 3.63) is 70.8 Å². The van der Waals surface area contributed by atoms with Crippen molar-refractivity contribution in [2.24, 2.45) is 5.92 Å². The molecule has 0 radical (unpaired) electrons. The predicted molar refractivity (Wildman–Crippen MR) is 97.2 cm³/mol. The Bertz CT molecular complexity index is 610. The van der Waals surface area contributed by atoms with Gasteiger partial charge < -0.3 is 0 Å². The molecule has 1 aliphatic carbocycles. The van der Waals surface area contributed by atoms with Gasteiger partial charge in [-0.25, -0.2) is 8.78 Å². The molecular formula is C22H28F2. The molecule has 0 aliphatic heterocycles. The molecule has 130 valence electrons. The van der Waals surface area contributed by atoms with Crippen LogP contribution in [0.3, 0.4) is 0 Å². The second kappa shape index (κ2) is 9.56. The zero-order valence-electron chi connectivity index (χ0n) is 14.8. The van der Waals surface area contributed by atoms with E-state index >= 15 is 0 Å². The lowest BCUT2D eigenvalue weighted by Crippen LogP contribution is -1.99. The van der Waals surface area contributed by atoms with Crippen molar-refractivity contribution in [3.63, 3.8) is 0 Å². The van der Waals surface area contributed by atoms with Crippen molar-refractivity contribution in [2.75, 3.05) is 0 Å². The fourth-order valence-electron chi connectivity index (χ4n) is 3.06. The van der Waals surface area contributed by atoms with Gasteiger partial charge in [0.1, 0.15) is 11.6 Å². The lowest BCUT2D eigenvalue weighted by atomic mass is 9.91. The topological polar surface area (TPSA) is 0 Å². The Kier molecular flexibility index (Phi) is 7.42. The minimum atomic E-state index is -0.526. The van der Waals surface area contributed by atoms with Crippen molar-refractivity contribution in [1.82, 2.24) is 0 Å². The molecule has 1 aliphatic rings. The molecule has 2 aromatic carbocycles. The smallest absolute Gasteiger partial charge is 0.129 e. The molecule has 0 spiro atoms. The fourth-order valence-corrected chi connectivity index (χ4v) is 3.06. The number of halogens is 2. The van der Waals surface area contributed by atoms with Crippen LogP contribution in [0.25, 0.3) is 0 Å². The summed E-state index contributed by atoms with van der Waals surface area (Å²) in [4.78, 5) is 0. The summed E-state index contributed by atoms with van der Waals surface area (Å²) >= 11 is 0. The fraction of sp³-hybridized carbons (Fsp3) is 0.455. The van der Waals surface area contributed by atoms with Crippen molar-refractivity contribution in [1.29, 1.82) is 0 Å². The molecule has 0 N–H and O–H groups in total. The molecule has 2 aromatic rings. The van der Waals surface area contributed by atoms with Crippen LogP contribution in [-0.4, -0.2) is 0 Å². The molecule has 3 rings (SSSR count). The molecule has 24 heavy (non-hydrogen) atoms. The number of hydrogen-bond donors (Lipinski definition) is 0. The van der Waals surface area contributed by atoms with E-state index in [1.807, 2.05) is 31.2 Å². The van der Waals surface area contributed by atoms with Crippen LogP contribution in [-0.2, 0) is 12.8 Å². The maximum atomic E-state index is 13.4. The summed E-state index contributed by atoms with van der Waals surface area (Å²) in [5, 5.41) is 0. The number of aryl methyl sites for hydroxylation is 3. The Morgan fingerprint density at radius 3 is 2.08 bits per heavy atom. The van der Waals surface area contributed by atoms with Crippen molar-refractivity contribution in [2.45, 2.75) is 58.8 Å². The van der Waals surface area contributed by atoms with Gasteiger partial charge in [0.05, 0.1) is 0 Å². The summed E-state index contributed by atoms with van der Waals surface area (Å²) in [7, 11) is 0.